The van der Waals surface area contributed by atoms with E-state index < -0.39 is 5.91 Å². The molecule has 7 heteroatoms. The first-order chi connectivity index (χ1) is 15.0. The molecule has 2 aromatic carbocycles. The molecule has 0 bridgehead atoms. The first kappa shape index (κ1) is 19.7. The maximum Gasteiger partial charge on any atom is 0.255 e. The summed E-state index contributed by atoms with van der Waals surface area (Å²) < 4.78 is 16.9. The molecule has 162 valence electrons. The SMILES string of the molecule is NC(=O)COc1ccc(C(=O)N2Cc3cc4c(cc3C3(CCCC3)C2)OCCO4)cc1. The van der Waals surface area contributed by atoms with Gasteiger partial charge in [-0.2, -0.15) is 0 Å². The van der Waals surface area contributed by atoms with Gasteiger partial charge < -0.3 is 24.8 Å². The Balaban J connectivity index is 1.42. The zero-order valence-electron chi connectivity index (χ0n) is 17.4. The third-order valence-electron chi connectivity index (χ3n) is 6.52. The first-order valence-corrected chi connectivity index (χ1v) is 10.8. The monoisotopic (exact) mass is 422 g/mol. The molecule has 2 N–H and O–H groups in total. The van der Waals surface area contributed by atoms with Crippen molar-refractivity contribution in [1.82, 2.24) is 4.90 Å². The standard InChI is InChI=1S/C24H26N2O5/c25-22(27)14-31-18-5-3-16(4-6-18)23(28)26-13-17-11-20-21(30-10-9-29-20)12-19(17)24(15-26)7-1-2-8-24/h3-6,11-12H,1-2,7-10,13-15H2,(H2,25,27). The number of primary amides is 1. The molecule has 0 unspecified atom stereocenters. The lowest BCUT2D eigenvalue weighted by Crippen LogP contribution is -2.46. The third kappa shape index (κ3) is 3.69. The van der Waals surface area contributed by atoms with Gasteiger partial charge in [-0.3, -0.25) is 9.59 Å². The quantitative estimate of drug-likeness (QED) is 0.818. The van der Waals surface area contributed by atoms with E-state index in [-0.39, 0.29) is 17.9 Å². The van der Waals surface area contributed by atoms with E-state index in [0.29, 0.717) is 37.6 Å². The Morgan fingerprint density at radius 1 is 1.03 bits per heavy atom. The summed E-state index contributed by atoms with van der Waals surface area (Å²) in [7, 11) is 0. The molecule has 7 nitrogen and oxygen atoms in total. The molecule has 1 aliphatic carbocycles. The van der Waals surface area contributed by atoms with Gasteiger partial charge in [0.05, 0.1) is 0 Å². The lowest BCUT2D eigenvalue weighted by Gasteiger charge is -2.43. The summed E-state index contributed by atoms with van der Waals surface area (Å²) in [4.78, 5) is 26.2. The molecule has 1 saturated carbocycles. The second-order valence-electron chi connectivity index (χ2n) is 8.58. The van der Waals surface area contributed by atoms with Gasteiger partial charge in [-0.05, 0) is 60.4 Å². The fourth-order valence-electron chi connectivity index (χ4n) is 5.12. The average Bonchev–Trinajstić information content (AvgIpc) is 3.25. The zero-order chi connectivity index (χ0) is 21.4. The van der Waals surface area contributed by atoms with E-state index in [9.17, 15) is 9.59 Å². The summed E-state index contributed by atoms with van der Waals surface area (Å²) in [6, 6.07) is 11.1. The summed E-state index contributed by atoms with van der Waals surface area (Å²) >= 11 is 0. The number of rotatable bonds is 4. The number of hydrogen-bond donors (Lipinski definition) is 1. The number of nitrogens with zero attached hydrogens (tertiary/aromatic N) is 1. The minimum absolute atomic E-state index is 0.00624. The van der Waals surface area contributed by atoms with Gasteiger partial charge in [0.1, 0.15) is 19.0 Å². The molecule has 0 saturated heterocycles. The number of carbonyl (C=O) groups excluding carboxylic acids is 2. The second-order valence-corrected chi connectivity index (χ2v) is 8.58. The van der Waals surface area contributed by atoms with E-state index in [2.05, 4.69) is 12.1 Å². The van der Waals surface area contributed by atoms with Gasteiger partial charge >= 0.3 is 0 Å². The van der Waals surface area contributed by atoms with Gasteiger partial charge in [-0.25, -0.2) is 0 Å². The molecule has 2 heterocycles. The van der Waals surface area contributed by atoms with Crippen LogP contribution in [0.2, 0.25) is 0 Å². The van der Waals surface area contributed by atoms with Crippen LogP contribution in [0.5, 0.6) is 17.2 Å². The Kier molecular flexibility index (Phi) is 4.96. The van der Waals surface area contributed by atoms with Crippen molar-refractivity contribution in [3.8, 4) is 17.2 Å². The Hall–Kier alpha value is -3.22. The summed E-state index contributed by atoms with van der Waals surface area (Å²) in [5.41, 5.74) is 8.15. The largest absolute Gasteiger partial charge is 0.486 e. The number of benzene rings is 2. The normalized spacial score (nSPS) is 18.5. The molecule has 0 aromatic heterocycles. The van der Waals surface area contributed by atoms with Crippen LogP contribution in [-0.4, -0.2) is 43.1 Å². The Morgan fingerprint density at radius 2 is 1.71 bits per heavy atom. The predicted octanol–water partition coefficient (Wildman–Crippen LogP) is 2.79. The summed E-state index contributed by atoms with van der Waals surface area (Å²) in [5.74, 6) is 1.56. The van der Waals surface area contributed by atoms with Crippen molar-refractivity contribution in [3.05, 3.63) is 53.1 Å². The Bertz CT molecular complexity index is 1010. The number of ether oxygens (including phenoxy) is 3. The fourth-order valence-corrected chi connectivity index (χ4v) is 5.12. The van der Waals surface area contributed by atoms with Gasteiger partial charge in [0.25, 0.3) is 11.8 Å². The highest BCUT2D eigenvalue weighted by Gasteiger charge is 2.44. The first-order valence-electron chi connectivity index (χ1n) is 10.8. The van der Waals surface area contributed by atoms with Crippen molar-refractivity contribution in [3.63, 3.8) is 0 Å². The Labute approximate surface area is 181 Å². The number of carbonyl (C=O) groups is 2. The number of hydrogen-bond acceptors (Lipinski definition) is 5. The molecule has 1 spiro atoms. The molecular weight excluding hydrogens is 396 g/mol. The van der Waals surface area contributed by atoms with E-state index >= 15 is 0 Å². The number of amides is 2. The number of fused-ring (bicyclic) bond motifs is 3. The zero-order valence-corrected chi connectivity index (χ0v) is 17.4. The fraction of sp³-hybridized carbons (Fsp3) is 0.417. The average molecular weight is 422 g/mol. The highest BCUT2D eigenvalue weighted by Crippen LogP contribution is 2.49. The van der Waals surface area contributed by atoms with Gasteiger partial charge in [-0.1, -0.05) is 12.8 Å². The second kappa shape index (κ2) is 7.80. The lowest BCUT2D eigenvalue weighted by molar-refractivity contribution is -0.119. The van der Waals surface area contributed by atoms with Crippen LogP contribution in [0.3, 0.4) is 0 Å². The number of nitrogens with two attached hydrogens (primary N) is 1. The van der Waals surface area contributed by atoms with Crippen molar-refractivity contribution >= 4 is 11.8 Å². The van der Waals surface area contributed by atoms with Gasteiger partial charge in [-0.15, -0.1) is 0 Å². The predicted molar refractivity (Wildman–Crippen MR) is 113 cm³/mol. The Morgan fingerprint density at radius 3 is 2.39 bits per heavy atom. The molecule has 0 atom stereocenters. The van der Waals surface area contributed by atoms with Crippen LogP contribution in [0.1, 0.15) is 47.2 Å². The molecule has 5 rings (SSSR count). The van der Waals surface area contributed by atoms with Crippen LogP contribution >= 0.6 is 0 Å². The van der Waals surface area contributed by atoms with Crippen LogP contribution in [-0.2, 0) is 16.8 Å². The molecule has 2 aromatic rings. The van der Waals surface area contributed by atoms with E-state index in [1.807, 2.05) is 4.90 Å². The van der Waals surface area contributed by atoms with Crippen molar-refractivity contribution in [1.29, 1.82) is 0 Å². The summed E-state index contributed by atoms with van der Waals surface area (Å²) in [6.45, 7) is 2.19. The molecule has 31 heavy (non-hydrogen) atoms. The van der Waals surface area contributed by atoms with Gasteiger partial charge in [0.15, 0.2) is 18.1 Å². The van der Waals surface area contributed by atoms with Crippen LogP contribution in [0.25, 0.3) is 0 Å². The third-order valence-corrected chi connectivity index (χ3v) is 6.52. The van der Waals surface area contributed by atoms with Crippen LogP contribution in [0.4, 0.5) is 0 Å². The van der Waals surface area contributed by atoms with E-state index in [1.54, 1.807) is 24.3 Å². The summed E-state index contributed by atoms with van der Waals surface area (Å²) in [6.07, 6.45) is 4.48. The smallest absolute Gasteiger partial charge is 0.255 e. The van der Waals surface area contributed by atoms with Crippen molar-refractivity contribution < 1.29 is 23.8 Å². The lowest BCUT2D eigenvalue weighted by atomic mass is 9.73. The molecule has 1 fully saturated rings. The van der Waals surface area contributed by atoms with Gasteiger partial charge in [0.2, 0.25) is 0 Å². The molecule has 3 aliphatic rings. The molecular formula is C24H26N2O5. The minimum Gasteiger partial charge on any atom is -0.486 e. The van der Waals surface area contributed by atoms with Gasteiger partial charge in [0, 0.05) is 24.1 Å². The molecule has 0 radical (unpaired) electrons. The highest BCUT2D eigenvalue weighted by molar-refractivity contribution is 5.94. The van der Waals surface area contributed by atoms with Crippen LogP contribution in [0.15, 0.2) is 36.4 Å². The minimum atomic E-state index is -0.537. The van der Waals surface area contributed by atoms with Crippen molar-refractivity contribution in [2.75, 3.05) is 26.4 Å². The molecule has 2 aliphatic heterocycles. The van der Waals surface area contributed by atoms with Crippen LogP contribution in [0, 0.1) is 0 Å². The van der Waals surface area contributed by atoms with E-state index in [0.717, 1.165) is 29.9 Å². The maximum atomic E-state index is 13.4. The highest BCUT2D eigenvalue weighted by atomic mass is 16.6. The topological polar surface area (TPSA) is 91.1 Å². The van der Waals surface area contributed by atoms with E-state index in [4.69, 9.17) is 19.9 Å². The maximum absolute atomic E-state index is 13.4. The van der Waals surface area contributed by atoms with Crippen molar-refractivity contribution in [2.24, 2.45) is 5.73 Å². The van der Waals surface area contributed by atoms with E-state index in [1.165, 1.54) is 18.4 Å². The van der Waals surface area contributed by atoms with Crippen LogP contribution < -0.4 is 19.9 Å². The summed E-state index contributed by atoms with van der Waals surface area (Å²) in [5, 5.41) is 0. The van der Waals surface area contributed by atoms with Crippen molar-refractivity contribution in [2.45, 2.75) is 37.6 Å². The molecule has 2 amide bonds.